The molecule has 2 heterocycles. The van der Waals surface area contributed by atoms with E-state index in [1.165, 1.54) is 6.92 Å². The number of amides is 2. The molecule has 1 aromatic heterocycles. The van der Waals surface area contributed by atoms with Gasteiger partial charge in [0.2, 0.25) is 5.91 Å². The molecule has 1 aromatic carbocycles. The molecule has 190 valence electrons. The molecule has 3 N–H and O–H groups in total. The lowest BCUT2D eigenvalue weighted by Gasteiger charge is -2.19. The van der Waals surface area contributed by atoms with Crippen LogP contribution in [0.25, 0.3) is 0 Å². The van der Waals surface area contributed by atoms with Crippen molar-refractivity contribution in [1.82, 2.24) is 10.3 Å². The maximum atomic E-state index is 12.0. The smallest absolute Gasteiger partial charge is 0.394 e. The molecule has 2 aromatic rings. The summed E-state index contributed by atoms with van der Waals surface area (Å²) in [4.78, 5) is 39.3. The van der Waals surface area contributed by atoms with Crippen molar-refractivity contribution < 1.29 is 41.4 Å². The highest BCUT2D eigenvalue weighted by Crippen LogP contribution is 2.35. The number of hydrogen-bond acceptors (Lipinski definition) is 9. The van der Waals surface area contributed by atoms with Gasteiger partial charge in [0.05, 0.1) is 0 Å². The van der Waals surface area contributed by atoms with Crippen molar-refractivity contribution >= 4 is 39.3 Å². The van der Waals surface area contributed by atoms with E-state index in [1.54, 1.807) is 25.3 Å². The maximum absolute atomic E-state index is 12.0. The van der Waals surface area contributed by atoms with E-state index < -0.39 is 27.2 Å². The van der Waals surface area contributed by atoms with E-state index in [9.17, 15) is 14.4 Å². The Balaban J connectivity index is 0.000000784. The van der Waals surface area contributed by atoms with Crippen LogP contribution in [0.3, 0.4) is 0 Å². The second-order valence-electron chi connectivity index (χ2n) is 7.69. The molecule has 13 heteroatoms. The number of thioether (sulfide) groups is 1. The zero-order valence-electron chi connectivity index (χ0n) is 19.3. The lowest BCUT2D eigenvalue weighted by Crippen LogP contribution is -2.35. The van der Waals surface area contributed by atoms with Gasteiger partial charge in [-0.1, -0.05) is 25.1 Å². The third kappa shape index (κ3) is 9.64. The van der Waals surface area contributed by atoms with Crippen LogP contribution in [-0.4, -0.2) is 51.0 Å². The van der Waals surface area contributed by atoms with Crippen LogP contribution in [0.2, 0.25) is 0 Å². The van der Waals surface area contributed by atoms with E-state index in [0.717, 1.165) is 35.0 Å². The van der Waals surface area contributed by atoms with Crippen molar-refractivity contribution in [3.05, 3.63) is 59.4 Å². The number of imide groups is 1. The Morgan fingerprint density at radius 2 is 1.80 bits per heavy atom. The van der Waals surface area contributed by atoms with E-state index >= 15 is 0 Å². The summed E-state index contributed by atoms with van der Waals surface area (Å²) < 4.78 is 42.0. The van der Waals surface area contributed by atoms with Gasteiger partial charge < -0.3 is 9.47 Å². The Morgan fingerprint density at radius 3 is 2.26 bits per heavy atom. The van der Waals surface area contributed by atoms with Crippen LogP contribution in [0.15, 0.2) is 42.6 Å². The Hall–Kier alpha value is -3.00. The molecule has 1 aliphatic rings. The number of rotatable bonds is 8. The first-order valence-corrected chi connectivity index (χ1v) is 12.6. The SMILES string of the molecule is CCc1ccc([C@@H](COc2ccc(CC3(C)SC(=O)NC3=O)cc2)OC(C)=O)cn1.O=S(=O)(O)O. The number of carbonyl (C=O) groups is 3. The quantitative estimate of drug-likeness (QED) is 0.341. The van der Waals surface area contributed by atoms with Crippen LogP contribution in [0.4, 0.5) is 4.79 Å². The zero-order chi connectivity index (χ0) is 26.2. The first-order valence-electron chi connectivity index (χ1n) is 10.4. The summed E-state index contributed by atoms with van der Waals surface area (Å²) in [5.41, 5.74) is 2.64. The number of ether oxygens (including phenoxy) is 2. The second-order valence-corrected chi connectivity index (χ2v) is 10.1. The molecule has 2 atom stereocenters. The lowest BCUT2D eigenvalue weighted by molar-refractivity contribution is -0.148. The second kappa shape index (κ2) is 12.1. The molecule has 3 rings (SSSR count). The Labute approximate surface area is 207 Å². The summed E-state index contributed by atoms with van der Waals surface area (Å²) in [6.07, 6.45) is 2.39. The molecule has 11 nitrogen and oxygen atoms in total. The van der Waals surface area contributed by atoms with Crippen molar-refractivity contribution in [3.8, 4) is 5.75 Å². The summed E-state index contributed by atoms with van der Waals surface area (Å²) in [6, 6.07) is 11.1. The van der Waals surface area contributed by atoms with Crippen molar-refractivity contribution in [2.45, 2.75) is 44.5 Å². The summed E-state index contributed by atoms with van der Waals surface area (Å²) in [6.45, 7) is 5.28. The number of nitrogens with zero attached hydrogens (tertiary/aromatic N) is 1. The monoisotopic (exact) mass is 526 g/mol. The van der Waals surface area contributed by atoms with E-state index in [2.05, 4.69) is 10.3 Å². The topological polar surface area (TPSA) is 169 Å². The molecule has 0 bridgehead atoms. The van der Waals surface area contributed by atoms with Gasteiger partial charge in [-0.3, -0.25) is 33.8 Å². The average molecular weight is 527 g/mol. The fourth-order valence-electron chi connectivity index (χ4n) is 3.12. The summed E-state index contributed by atoms with van der Waals surface area (Å²) in [7, 11) is -4.67. The van der Waals surface area contributed by atoms with Gasteiger partial charge in [0, 0.05) is 24.4 Å². The minimum atomic E-state index is -4.67. The van der Waals surface area contributed by atoms with E-state index in [4.69, 9.17) is 27.0 Å². The van der Waals surface area contributed by atoms with Gasteiger partial charge >= 0.3 is 16.4 Å². The molecule has 0 aliphatic carbocycles. The normalized spacial score (nSPS) is 18.2. The fraction of sp³-hybridized carbons (Fsp3) is 0.364. The number of nitrogens with one attached hydrogen (secondary N) is 1. The third-order valence-electron chi connectivity index (χ3n) is 4.77. The van der Waals surface area contributed by atoms with Gasteiger partial charge in [0.25, 0.3) is 5.24 Å². The molecule has 1 saturated heterocycles. The van der Waals surface area contributed by atoms with Gasteiger partial charge in [-0.2, -0.15) is 8.42 Å². The molecular weight excluding hydrogens is 500 g/mol. The number of hydrogen-bond donors (Lipinski definition) is 3. The van der Waals surface area contributed by atoms with Gasteiger partial charge in [-0.05, 0) is 55.3 Å². The summed E-state index contributed by atoms with van der Waals surface area (Å²) in [5.74, 6) is -0.0582. The van der Waals surface area contributed by atoms with Crippen LogP contribution in [0, 0.1) is 0 Å². The van der Waals surface area contributed by atoms with E-state index in [0.29, 0.717) is 12.2 Å². The molecule has 0 radical (unpaired) electrons. The van der Waals surface area contributed by atoms with Gasteiger partial charge in [0.1, 0.15) is 17.1 Å². The third-order valence-corrected chi connectivity index (χ3v) is 5.84. The Bertz CT molecular complexity index is 1140. The summed E-state index contributed by atoms with van der Waals surface area (Å²) in [5, 5.41) is 2.00. The molecule has 0 spiro atoms. The molecule has 0 saturated carbocycles. The van der Waals surface area contributed by atoms with Crippen LogP contribution in [-0.2, 0) is 37.6 Å². The van der Waals surface area contributed by atoms with E-state index in [-0.39, 0.29) is 17.8 Å². The Kier molecular flexibility index (Phi) is 9.77. The van der Waals surface area contributed by atoms with Crippen LogP contribution >= 0.6 is 11.8 Å². The number of pyridine rings is 1. The molecule has 1 fully saturated rings. The standard InChI is InChI=1S/C22H24N2O5S.H2O4S/c1-4-17-8-7-16(12-23-17)19(29-14(2)25)13-28-18-9-5-15(6-10-18)11-22(3)20(26)24-21(27)30-22;1-5(2,3)4/h5-10,12,19H,4,11,13H2,1-3H3,(H,24,26,27);(H2,1,2,3,4)/t19-,22?;/m1./s1. The van der Waals surface area contributed by atoms with Crippen molar-refractivity contribution in [1.29, 1.82) is 0 Å². The van der Waals surface area contributed by atoms with Gasteiger partial charge in [0.15, 0.2) is 6.10 Å². The van der Waals surface area contributed by atoms with Crippen molar-refractivity contribution in [2.24, 2.45) is 0 Å². The first kappa shape index (κ1) is 28.2. The number of carbonyl (C=O) groups excluding carboxylic acids is 3. The minimum Gasteiger partial charge on any atom is -0.489 e. The van der Waals surface area contributed by atoms with Crippen molar-refractivity contribution in [2.75, 3.05) is 6.61 Å². The predicted octanol–water partition coefficient (Wildman–Crippen LogP) is 2.96. The highest BCUT2D eigenvalue weighted by molar-refractivity contribution is 8.16. The predicted molar refractivity (Wildman–Crippen MR) is 127 cm³/mol. The average Bonchev–Trinajstić information content (AvgIpc) is 3.01. The molecule has 2 amide bonds. The summed E-state index contributed by atoms with van der Waals surface area (Å²) >= 11 is 1.01. The van der Waals surface area contributed by atoms with Crippen molar-refractivity contribution in [3.63, 3.8) is 0 Å². The molecular formula is C22H26N2O9S2. The molecule has 1 aliphatic heterocycles. The van der Waals surface area contributed by atoms with Gasteiger partial charge in [-0.15, -0.1) is 0 Å². The minimum absolute atomic E-state index is 0.149. The van der Waals surface area contributed by atoms with Crippen LogP contribution in [0.1, 0.15) is 43.7 Å². The highest BCUT2D eigenvalue weighted by atomic mass is 32.3. The largest absolute Gasteiger partial charge is 0.489 e. The molecule has 35 heavy (non-hydrogen) atoms. The zero-order valence-corrected chi connectivity index (χ0v) is 20.9. The number of aryl methyl sites for hydroxylation is 1. The highest BCUT2D eigenvalue weighted by Gasteiger charge is 2.43. The maximum Gasteiger partial charge on any atom is 0.394 e. The Morgan fingerprint density at radius 1 is 1.17 bits per heavy atom. The number of esters is 1. The lowest BCUT2D eigenvalue weighted by atomic mass is 9.99. The first-order chi connectivity index (χ1) is 16.3. The van der Waals surface area contributed by atoms with E-state index in [1.807, 2.05) is 31.2 Å². The van der Waals surface area contributed by atoms with Crippen LogP contribution < -0.4 is 10.1 Å². The number of benzene rings is 1. The number of aromatic nitrogens is 1. The fourth-order valence-corrected chi connectivity index (χ4v) is 4.05. The van der Waals surface area contributed by atoms with Crippen LogP contribution in [0.5, 0.6) is 5.75 Å². The van der Waals surface area contributed by atoms with Gasteiger partial charge in [-0.25, -0.2) is 0 Å². The molecule has 1 unspecified atom stereocenters.